The highest BCUT2D eigenvalue weighted by atomic mass is 16.3. The molecule has 64 valence electrons. The number of allylic oxidation sites excluding steroid dienone is 1. The Morgan fingerprint density at radius 3 is 2.55 bits per heavy atom. The number of aliphatic hydroxyl groups is 1. The Morgan fingerprint density at radius 1 is 1.55 bits per heavy atom. The average molecular weight is 154 g/mol. The Bertz CT molecular complexity index is 166. The number of aliphatic hydroxyl groups excluding tert-OH is 1. The molecular formula is C10H18O. The third-order valence-corrected chi connectivity index (χ3v) is 2.84. The summed E-state index contributed by atoms with van der Waals surface area (Å²) in [5, 5.41) is 9.12. The lowest BCUT2D eigenvalue weighted by Crippen LogP contribution is -2.11. The van der Waals surface area contributed by atoms with Gasteiger partial charge in [0.05, 0.1) is 0 Å². The van der Waals surface area contributed by atoms with Gasteiger partial charge in [0.15, 0.2) is 0 Å². The van der Waals surface area contributed by atoms with Crippen LogP contribution in [0.2, 0.25) is 0 Å². The molecular weight excluding hydrogens is 136 g/mol. The van der Waals surface area contributed by atoms with Crippen molar-refractivity contribution in [1.82, 2.24) is 0 Å². The van der Waals surface area contributed by atoms with Crippen LogP contribution in [0, 0.1) is 11.8 Å². The topological polar surface area (TPSA) is 20.2 Å². The van der Waals surface area contributed by atoms with E-state index in [2.05, 4.69) is 20.8 Å². The van der Waals surface area contributed by atoms with Crippen LogP contribution < -0.4 is 0 Å². The molecule has 11 heavy (non-hydrogen) atoms. The van der Waals surface area contributed by atoms with E-state index in [1.165, 1.54) is 24.0 Å². The average Bonchev–Trinajstić information content (AvgIpc) is 2.30. The van der Waals surface area contributed by atoms with Crippen molar-refractivity contribution in [3.63, 3.8) is 0 Å². The van der Waals surface area contributed by atoms with E-state index in [1.54, 1.807) is 0 Å². The van der Waals surface area contributed by atoms with Crippen molar-refractivity contribution in [1.29, 1.82) is 0 Å². The lowest BCUT2D eigenvalue weighted by molar-refractivity contribution is 0.221. The fourth-order valence-corrected chi connectivity index (χ4v) is 2.02. The Balaban J connectivity index is 2.77. The van der Waals surface area contributed by atoms with E-state index in [9.17, 15) is 0 Å². The van der Waals surface area contributed by atoms with E-state index in [-0.39, 0.29) is 0 Å². The quantitative estimate of drug-likeness (QED) is 0.575. The summed E-state index contributed by atoms with van der Waals surface area (Å²) in [5.74, 6) is 1.14. The molecule has 0 aromatic rings. The fourth-order valence-electron chi connectivity index (χ4n) is 2.02. The van der Waals surface area contributed by atoms with Gasteiger partial charge >= 0.3 is 0 Å². The minimum atomic E-state index is 0.335. The van der Waals surface area contributed by atoms with Crippen LogP contribution in [0.4, 0.5) is 0 Å². The number of hydrogen-bond acceptors (Lipinski definition) is 1. The monoisotopic (exact) mass is 154 g/mol. The molecule has 1 aliphatic carbocycles. The molecule has 1 fully saturated rings. The van der Waals surface area contributed by atoms with Crippen molar-refractivity contribution < 1.29 is 5.11 Å². The molecule has 0 aromatic heterocycles. The number of hydrogen-bond donors (Lipinski definition) is 1. The zero-order valence-corrected chi connectivity index (χ0v) is 7.72. The Kier molecular flexibility index (Phi) is 2.72. The first-order chi connectivity index (χ1) is 5.16. The van der Waals surface area contributed by atoms with Crippen LogP contribution in [-0.4, -0.2) is 11.7 Å². The van der Waals surface area contributed by atoms with E-state index in [4.69, 9.17) is 5.11 Å². The summed E-state index contributed by atoms with van der Waals surface area (Å²) in [7, 11) is 0. The predicted octanol–water partition coefficient (Wildman–Crippen LogP) is 2.36. The van der Waals surface area contributed by atoms with E-state index in [0.29, 0.717) is 18.4 Å². The maximum absolute atomic E-state index is 9.12. The molecule has 0 radical (unpaired) electrons. The molecule has 0 saturated heterocycles. The molecule has 2 atom stereocenters. The summed E-state index contributed by atoms with van der Waals surface area (Å²) in [6, 6.07) is 0. The van der Waals surface area contributed by atoms with E-state index >= 15 is 0 Å². The zero-order valence-electron chi connectivity index (χ0n) is 7.72. The fraction of sp³-hybridized carbons (Fsp3) is 0.800. The smallest absolute Gasteiger partial charge is 0.0499 e. The second-order valence-corrected chi connectivity index (χ2v) is 3.83. The van der Waals surface area contributed by atoms with Gasteiger partial charge in [-0.2, -0.15) is 0 Å². The lowest BCUT2D eigenvalue weighted by atomic mass is 9.93. The van der Waals surface area contributed by atoms with Crippen molar-refractivity contribution >= 4 is 0 Å². The normalized spacial score (nSPS) is 31.1. The van der Waals surface area contributed by atoms with Crippen LogP contribution >= 0.6 is 0 Å². The molecule has 0 spiro atoms. The molecule has 1 heteroatoms. The molecule has 1 nitrogen and oxygen atoms in total. The van der Waals surface area contributed by atoms with Gasteiger partial charge in [0, 0.05) is 12.5 Å². The maximum atomic E-state index is 9.12. The third kappa shape index (κ3) is 1.64. The maximum Gasteiger partial charge on any atom is 0.0499 e. The zero-order chi connectivity index (χ0) is 8.43. The van der Waals surface area contributed by atoms with E-state index in [0.717, 1.165) is 0 Å². The van der Waals surface area contributed by atoms with Crippen molar-refractivity contribution in [3.8, 4) is 0 Å². The van der Waals surface area contributed by atoms with Crippen LogP contribution in [0.15, 0.2) is 11.1 Å². The summed E-state index contributed by atoms with van der Waals surface area (Å²) in [6.07, 6.45) is 2.46. The molecule has 1 N–H and O–H groups in total. The van der Waals surface area contributed by atoms with E-state index < -0.39 is 0 Å². The summed E-state index contributed by atoms with van der Waals surface area (Å²) >= 11 is 0. The highest BCUT2D eigenvalue weighted by Crippen LogP contribution is 2.37. The highest BCUT2D eigenvalue weighted by molar-refractivity contribution is 5.18. The molecule has 1 saturated carbocycles. The highest BCUT2D eigenvalue weighted by Gasteiger charge is 2.27. The van der Waals surface area contributed by atoms with Crippen molar-refractivity contribution in [2.45, 2.75) is 33.6 Å². The summed E-state index contributed by atoms with van der Waals surface area (Å²) in [5.41, 5.74) is 2.91. The molecule has 0 heterocycles. The standard InChI is InChI=1S/C10H18O/c1-7(2)9-5-4-8(3)10(9)6-11/h8,10-11H,4-6H2,1-3H3/t8-,10-/m0/s1. The van der Waals surface area contributed by atoms with Gasteiger partial charge in [-0.15, -0.1) is 0 Å². The van der Waals surface area contributed by atoms with Gasteiger partial charge in [0.1, 0.15) is 0 Å². The molecule has 0 aromatic carbocycles. The van der Waals surface area contributed by atoms with Crippen LogP contribution in [0.5, 0.6) is 0 Å². The van der Waals surface area contributed by atoms with Gasteiger partial charge in [-0.1, -0.05) is 18.1 Å². The van der Waals surface area contributed by atoms with Crippen LogP contribution in [0.3, 0.4) is 0 Å². The van der Waals surface area contributed by atoms with E-state index in [1.807, 2.05) is 0 Å². The van der Waals surface area contributed by atoms with Gasteiger partial charge in [-0.3, -0.25) is 0 Å². The minimum absolute atomic E-state index is 0.335. The number of rotatable bonds is 1. The summed E-state index contributed by atoms with van der Waals surface area (Å²) in [4.78, 5) is 0. The van der Waals surface area contributed by atoms with Crippen molar-refractivity contribution in [2.24, 2.45) is 11.8 Å². The molecule has 0 amide bonds. The lowest BCUT2D eigenvalue weighted by Gasteiger charge is -2.14. The van der Waals surface area contributed by atoms with Gasteiger partial charge in [0.2, 0.25) is 0 Å². The first-order valence-corrected chi connectivity index (χ1v) is 4.44. The predicted molar refractivity (Wildman–Crippen MR) is 47.3 cm³/mol. The van der Waals surface area contributed by atoms with Gasteiger partial charge in [-0.05, 0) is 32.6 Å². The molecule has 1 aliphatic rings. The molecule has 1 rings (SSSR count). The van der Waals surface area contributed by atoms with Gasteiger partial charge in [0.25, 0.3) is 0 Å². The van der Waals surface area contributed by atoms with Crippen LogP contribution in [-0.2, 0) is 0 Å². The third-order valence-electron chi connectivity index (χ3n) is 2.84. The van der Waals surface area contributed by atoms with Gasteiger partial charge in [-0.25, -0.2) is 0 Å². The van der Waals surface area contributed by atoms with Crippen LogP contribution in [0.1, 0.15) is 33.6 Å². The van der Waals surface area contributed by atoms with Gasteiger partial charge < -0.3 is 5.11 Å². The SMILES string of the molecule is CC(C)=C1CC[C@H](C)[C@@H]1CO. The summed E-state index contributed by atoms with van der Waals surface area (Å²) in [6.45, 7) is 6.87. The molecule has 0 bridgehead atoms. The minimum Gasteiger partial charge on any atom is -0.396 e. The second-order valence-electron chi connectivity index (χ2n) is 3.83. The molecule has 0 unspecified atom stereocenters. The summed E-state index contributed by atoms with van der Waals surface area (Å²) < 4.78 is 0. The Morgan fingerprint density at radius 2 is 2.18 bits per heavy atom. The van der Waals surface area contributed by atoms with Crippen LogP contribution in [0.25, 0.3) is 0 Å². The first-order valence-electron chi connectivity index (χ1n) is 4.44. The second kappa shape index (κ2) is 3.40. The Labute approximate surface area is 69.1 Å². The van der Waals surface area contributed by atoms with Crippen molar-refractivity contribution in [2.75, 3.05) is 6.61 Å². The first kappa shape index (κ1) is 8.79. The Hall–Kier alpha value is -0.300. The van der Waals surface area contributed by atoms with Crippen molar-refractivity contribution in [3.05, 3.63) is 11.1 Å². The molecule has 0 aliphatic heterocycles. The largest absolute Gasteiger partial charge is 0.396 e.